The number of benzene rings is 1. The molecule has 0 saturated carbocycles. The van der Waals surface area contributed by atoms with Crippen LogP contribution in [-0.4, -0.2) is 43.1 Å². The van der Waals surface area contributed by atoms with Crippen LogP contribution < -0.4 is 5.32 Å². The highest BCUT2D eigenvalue weighted by Gasteiger charge is 2.30. The molecule has 1 aromatic carbocycles. The van der Waals surface area contributed by atoms with Gasteiger partial charge in [0, 0.05) is 6.20 Å². The fraction of sp³-hybridized carbons (Fsp3) is 0.208. The predicted octanol–water partition coefficient (Wildman–Crippen LogP) is 4.33. The molecule has 1 atom stereocenters. The minimum Gasteiger partial charge on any atom is -0.465 e. The van der Waals surface area contributed by atoms with E-state index < -0.39 is 23.8 Å². The van der Waals surface area contributed by atoms with Gasteiger partial charge in [0.25, 0.3) is 0 Å². The molecule has 186 valence electrons. The maximum Gasteiger partial charge on any atom is 0.416 e. The number of halogens is 3. The Morgan fingerprint density at radius 1 is 1.11 bits per heavy atom. The molecule has 0 aliphatic heterocycles. The Morgan fingerprint density at radius 3 is 2.56 bits per heavy atom. The summed E-state index contributed by atoms with van der Waals surface area (Å²) in [5, 5.41) is 21.5. The van der Waals surface area contributed by atoms with E-state index >= 15 is 0 Å². The fourth-order valence-corrected chi connectivity index (χ4v) is 3.42. The van der Waals surface area contributed by atoms with Crippen LogP contribution in [0, 0.1) is 6.92 Å². The molecule has 4 aromatic rings. The minimum absolute atomic E-state index is 0.00105. The van der Waals surface area contributed by atoms with E-state index in [1.165, 1.54) is 11.8 Å². The van der Waals surface area contributed by atoms with Crippen LogP contribution in [0.2, 0.25) is 0 Å². The molecule has 12 heteroatoms. The van der Waals surface area contributed by atoms with Gasteiger partial charge < -0.3 is 15.2 Å². The minimum atomic E-state index is -4.49. The van der Waals surface area contributed by atoms with Crippen molar-refractivity contribution in [2.24, 2.45) is 0 Å². The number of aliphatic hydroxyl groups excluding tert-OH is 1. The summed E-state index contributed by atoms with van der Waals surface area (Å²) in [5.74, 6) is -0.184. The normalized spacial score (nSPS) is 12.3. The molecule has 0 spiro atoms. The molecule has 9 nitrogen and oxygen atoms in total. The van der Waals surface area contributed by atoms with Crippen molar-refractivity contribution in [3.05, 3.63) is 83.2 Å². The lowest BCUT2D eigenvalue weighted by atomic mass is 10.1. The van der Waals surface area contributed by atoms with Gasteiger partial charge in [-0.05, 0) is 54.4 Å². The standard InChI is InChI=1S/C24H21F3N6O3/c1-14-9-18(29-22(10-14)30-21-11-17(7-8-28-21)24(25,26)27)19-12-33(32-31-19)13-20(34)15-3-5-16(6-4-15)23(35)36-2/h3-12,20,34H,13H2,1-2H3,(H,28,29,30). The fourth-order valence-electron chi connectivity index (χ4n) is 3.42. The second-order valence-electron chi connectivity index (χ2n) is 7.92. The smallest absolute Gasteiger partial charge is 0.416 e. The molecule has 0 aliphatic carbocycles. The lowest BCUT2D eigenvalue weighted by Crippen LogP contribution is -2.10. The zero-order valence-corrected chi connectivity index (χ0v) is 19.2. The summed E-state index contributed by atoms with van der Waals surface area (Å²) < 4.78 is 45.1. The number of ether oxygens (including phenoxy) is 1. The van der Waals surface area contributed by atoms with Crippen LogP contribution in [0.5, 0.6) is 0 Å². The van der Waals surface area contributed by atoms with E-state index in [2.05, 4.69) is 30.3 Å². The summed E-state index contributed by atoms with van der Waals surface area (Å²) in [6.07, 6.45) is -2.74. The molecule has 0 radical (unpaired) electrons. The number of nitrogens with zero attached hydrogens (tertiary/aromatic N) is 5. The van der Waals surface area contributed by atoms with Crippen molar-refractivity contribution in [1.82, 2.24) is 25.0 Å². The third kappa shape index (κ3) is 5.84. The van der Waals surface area contributed by atoms with Gasteiger partial charge in [0.05, 0.1) is 42.8 Å². The Labute approximate surface area is 203 Å². The number of pyridine rings is 2. The number of aliphatic hydroxyl groups is 1. The molecule has 0 bridgehead atoms. The molecular formula is C24H21F3N6O3. The predicted molar refractivity (Wildman–Crippen MR) is 123 cm³/mol. The van der Waals surface area contributed by atoms with Crippen LogP contribution in [0.25, 0.3) is 11.4 Å². The molecule has 1 unspecified atom stereocenters. The Morgan fingerprint density at radius 2 is 1.86 bits per heavy atom. The number of nitrogens with one attached hydrogen (secondary N) is 1. The molecule has 2 N–H and O–H groups in total. The Kier molecular flexibility index (Phi) is 6.97. The van der Waals surface area contributed by atoms with Crippen LogP contribution in [0.4, 0.5) is 24.8 Å². The summed E-state index contributed by atoms with van der Waals surface area (Å²) in [7, 11) is 1.29. The number of anilines is 2. The summed E-state index contributed by atoms with van der Waals surface area (Å²) in [5.41, 5.74) is 1.75. The maximum atomic E-state index is 13.0. The lowest BCUT2D eigenvalue weighted by Gasteiger charge is -2.11. The topological polar surface area (TPSA) is 115 Å². The van der Waals surface area contributed by atoms with E-state index in [1.54, 1.807) is 42.6 Å². The Balaban J connectivity index is 1.49. The number of aryl methyl sites for hydroxylation is 1. The quantitative estimate of drug-likeness (QED) is 0.362. The highest BCUT2D eigenvalue weighted by atomic mass is 19.4. The first-order valence-corrected chi connectivity index (χ1v) is 10.7. The van der Waals surface area contributed by atoms with Crippen LogP contribution in [0.1, 0.15) is 33.2 Å². The van der Waals surface area contributed by atoms with Crippen molar-refractivity contribution >= 4 is 17.6 Å². The number of carbonyl (C=O) groups is 1. The Hall–Kier alpha value is -4.32. The lowest BCUT2D eigenvalue weighted by molar-refractivity contribution is -0.137. The first kappa shape index (κ1) is 24.8. The highest BCUT2D eigenvalue weighted by molar-refractivity contribution is 5.89. The van der Waals surface area contributed by atoms with Gasteiger partial charge in [-0.1, -0.05) is 17.3 Å². The second kappa shape index (κ2) is 10.1. The Bertz CT molecular complexity index is 1370. The van der Waals surface area contributed by atoms with Crippen molar-refractivity contribution in [1.29, 1.82) is 0 Å². The number of methoxy groups -OCH3 is 1. The molecule has 0 fully saturated rings. The van der Waals surface area contributed by atoms with Gasteiger partial charge >= 0.3 is 12.1 Å². The summed E-state index contributed by atoms with van der Waals surface area (Å²) >= 11 is 0. The molecular weight excluding hydrogens is 477 g/mol. The zero-order chi connectivity index (χ0) is 25.9. The van der Waals surface area contributed by atoms with Crippen molar-refractivity contribution in [3.63, 3.8) is 0 Å². The third-order valence-corrected chi connectivity index (χ3v) is 5.19. The number of esters is 1. The van der Waals surface area contributed by atoms with Crippen molar-refractivity contribution in [2.75, 3.05) is 12.4 Å². The average molecular weight is 498 g/mol. The van der Waals surface area contributed by atoms with Gasteiger partial charge in [-0.3, -0.25) is 0 Å². The molecule has 0 saturated heterocycles. The zero-order valence-electron chi connectivity index (χ0n) is 19.2. The maximum absolute atomic E-state index is 13.0. The van der Waals surface area contributed by atoms with Gasteiger partial charge in [-0.15, -0.1) is 5.10 Å². The number of hydrogen-bond donors (Lipinski definition) is 2. The van der Waals surface area contributed by atoms with Crippen molar-refractivity contribution in [2.45, 2.75) is 25.7 Å². The van der Waals surface area contributed by atoms with E-state index in [-0.39, 0.29) is 18.2 Å². The van der Waals surface area contributed by atoms with Gasteiger partial charge in [-0.25, -0.2) is 19.4 Å². The van der Waals surface area contributed by atoms with Gasteiger partial charge in [0.1, 0.15) is 17.3 Å². The molecule has 3 aromatic heterocycles. The molecule has 0 aliphatic rings. The molecule has 36 heavy (non-hydrogen) atoms. The van der Waals surface area contributed by atoms with Gasteiger partial charge in [-0.2, -0.15) is 13.2 Å². The van der Waals surface area contributed by atoms with Crippen molar-refractivity contribution in [3.8, 4) is 11.4 Å². The van der Waals surface area contributed by atoms with E-state index in [0.717, 1.165) is 23.9 Å². The number of aromatic nitrogens is 5. The molecule has 0 amide bonds. The van der Waals surface area contributed by atoms with E-state index in [1.807, 2.05) is 6.92 Å². The molecule has 4 rings (SSSR count). The largest absolute Gasteiger partial charge is 0.465 e. The van der Waals surface area contributed by atoms with E-state index in [4.69, 9.17) is 0 Å². The third-order valence-electron chi connectivity index (χ3n) is 5.19. The van der Waals surface area contributed by atoms with Crippen molar-refractivity contribution < 1.29 is 27.8 Å². The summed E-state index contributed by atoms with van der Waals surface area (Å²) in [6, 6.07) is 11.6. The van der Waals surface area contributed by atoms with Crippen LogP contribution >= 0.6 is 0 Å². The first-order valence-electron chi connectivity index (χ1n) is 10.7. The van der Waals surface area contributed by atoms with Gasteiger partial charge in [0.15, 0.2) is 0 Å². The van der Waals surface area contributed by atoms with Crippen LogP contribution in [0.15, 0.2) is 60.9 Å². The van der Waals surface area contributed by atoms with E-state index in [9.17, 15) is 23.1 Å². The average Bonchev–Trinajstić information content (AvgIpc) is 3.31. The number of rotatable bonds is 7. The summed E-state index contributed by atoms with van der Waals surface area (Å²) in [6.45, 7) is 1.90. The van der Waals surface area contributed by atoms with Crippen LogP contribution in [0.3, 0.4) is 0 Å². The monoisotopic (exact) mass is 498 g/mol. The second-order valence-corrected chi connectivity index (χ2v) is 7.92. The van der Waals surface area contributed by atoms with E-state index in [0.29, 0.717) is 22.5 Å². The summed E-state index contributed by atoms with van der Waals surface area (Å²) in [4.78, 5) is 19.9. The van der Waals surface area contributed by atoms with Crippen LogP contribution in [-0.2, 0) is 17.5 Å². The molecule has 3 heterocycles. The number of carbonyl (C=O) groups excluding carboxylic acids is 1. The SMILES string of the molecule is COC(=O)c1ccc(C(O)Cn2cc(-c3cc(C)cc(Nc4cc(C(F)(F)F)ccn4)n3)nn2)cc1. The first-order chi connectivity index (χ1) is 17.1. The van der Waals surface area contributed by atoms with Gasteiger partial charge in [0.2, 0.25) is 0 Å². The number of alkyl halides is 3. The number of hydrogen-bond acceptors (Lipinski definition) is 8. The highest BCUT2D eigenvalue weighted by Crippen LogP contribution is 2.30.